The molecule has 0 aliphatic carbocycles. The van der Waals surface area contributed by atoms with Crippen molar-refractivity contribution in [2.45, 2.75) is 26.2 Å². The fourth-order valence-electron chi connectivity index (χ4n) is 1.82. The number of hydrogen-bond donors (Lipinski definition) is 0. The first-order chi connectivity index (χ1) is 9.11. The number of rotatable bonds is 4. The Morgan fingerprint density at radius 1 is 1.11 bits per heavy atom. The van der Waals surface area contributed by atoms with Gasteiger partial charge in [0.05, 0.1) is 0 Å². The SMILES string of the molecule is CCCc1c(Cl)nc(Cc2ccccc2F)nc1Cl. The smallest absolute Gasteiger partial charge is 0.137 e. The van der Waals surface area contributed by atoms with Crippen molar-refractivity contribution < 1.29 is 4.39 Å². The van der Waals surface area contributed by atoms with Crippen molar-refractivity contribution in [1.82, 2.24) is 9.97 Å². The zero-order valence-corrected chi connectivity index (χ0v) is 12.0. The van der Waals surface area contributed by atoms with E-state index in [0.717, 1.165) is 18.4 Å². The van der Waals surface area contributed by atoms with Gasteiger partial charge in [-0.3, -0.25) is 0 Å². The minimum Gasteiger partial charge on any atom is -0.220 e. The van der Waals surface area contributed by atoms with Gasteiger partial charge in [-0.05, 0) is 18.1 Å². The summed E-state index contributed by atoms with van der Waals surface area (Å²) in [6, 6.07) is 6.52. The van der Waals surface area contributed by atoms with Crippen LogP contribution in [0.4, 0.5) is 4.39 Å². The van der Waals surface area contributed by atoms with E-state index in [4.69, 9.17) is 23.2 Å². The third-order valence-electron chi connectivity index (χ3n) is 2.76. The van der Waals surface area contributed by atoms with E-state index in [0.29, 0.717) is 21.7 Å². The summed E-state index contributed by atoms with van der Waals surface area (Å²) in [5.74, 6) is 0.149. The van der Waals surface area contributed by atoms with Crippen LogP contribution in [0.1, 0.15) is 30.3 Å². The Morgan fingerprint density at radius 2 is 1.74 bits per heavy atom. The van der Waals surface area contributed by atoms with Gasteiger partial charge in [-0.25, -0.2) is 14.4 Å². The topological polar surface area (TPSA) is 25.8 Å². The molecule has 2 nitrogen and oxygen atoms in total. The van der Waals surface area contributed by atoms with Gasteiger partial charge in [-0.1, -0.05) is 54.7 Å². The van der Waals surface area contributed by atoms with Gasteiger partial charge in [-0.15, -0.1) is 0 Å². The molecule has 0 saturated carbocycles. The number of aromatic nitrogens is 2. The molecule has 0 N–H and O–H groups in total. The van der Waals surface area contributed by atoms with Gasteiger partial charge in [0, 0.05) is 12.0 Å². The van der Waals surface area contributed by atoms with Crippen molar-refractivity contribution in [1.29, 1.82) is 0 Å². The van der Waals surface area contributed by atoms with Crippen molar-refractivity contribution in [2.24, 2.45) is 0 Å². The second-order valence-corrected chi connectivity index (χ2v) is 4.93. The predicted molar refractivity (Wildman–Crippen MR) is 75.3 cm³/mol. The molecule has 0 amide bonds. The second kappa shape index (κ2) is 6.31. The normalized spacial score (nSPS) is 10.7. The Hall–Kier alpha value is -1.19. The average molecular weight is 299 g/mol. The molecule has 0 radical (unpaired) electrons. The van der Waals surface area contributed by atoms with E-state index in [-0.39, 0.29) is 12.2 Å². The van der Waals surface area contributed by atoms with E-state index < -0.39 is 0 Å². The van der Waals surface area contributed by atoms with Crippen molar-refractivity contribution in [3.05, 3.63) is 57.3 Å². The quantitative estimate of drug-likeness (QED) is 0.779. The van der Waals surface area contributed by atoms with Gasteiger partial charge in [0.2, 0.25) is 0 Å². The maximum absolute atomic E-state index is 13.6. The van der Waals surface area contributed by atoms with Gasteiger partial charge in [0.15, 0.2) is 0 Å². The maximum atomic E-state index is 13.6. The zero-order valence-electron chi connectivity index (χ0n) is 10.5. The largest absolute Gasteiger partial charge is 0.220 e. The molecule has 2 aromatic rings. The van der Waals surface area contributed by atoms with E-state index in [1.54, 1.807) is 18.2 Å². The van der Waals surface area contributed by atoms with Crippen molar-refractivity contribution in [3.8, 4) is 0 Å². The van der Waals surface area contributed by atoms with Crippen LogP contribution in [0.5, 0.6) is 0 Å². The summed E-state index contributed by atoms with van der Waals surface area (Å²) >= 11 is 12.2. The van der Waals surface area contributed by atoms with E-state index in [2.05, 4.69) is 9.97 Å². The summed E-state index contributed by atoms with van der Waals surface area (Å²) in [7, 11) is 0. The van der Waals surface area contributed by atoms with Crippen LogP contribution in [-0.4, -0.2) is 9.97 Å². The standard InChI is InChI=1S/C14H13Cl2FN2/c1-2-5-10-13(15)18-12(19-14(10)16)8-9-6-3-4-7-11(9)17/h3-4,6-7H,2,5,8H2,1H3. The van der Waals surface area contributed by atoms with Crippen molar-refractivity contribution >= 4 is 23.2 Å². The highest BCUT2D eigenvalue weighted by atomic mass is 35.5. The lowest BCUT2D eigenvalue weighted by atomic mass is 10.1. The summed E-state index contributed by atoms with van der Waals surface area (Å²) in [6.07, 6.45) is 1.92. The average Bonchev–Trinajstić information content (AvgIpc) is 2.37. The molecule has 0 saturated heterocycles. The monoisotopic (exact) mass is 298 g/mol. The Kier molecular flexibility index (Phi) is 4.72. The van der Waals surface area contributed by atoms with Gasteiger partial charge in [0.25, 0.3) is 0 Å². The van der Waals surface area contributed by atoms with Crippen LogP contribution in [0.3, 0.4) is 0 Å². The van der Waals surface area contributed by atoms with Gasteiger partial charge in [-0.2, -0.15) is 0 Å². The van der Waals surface area contributed by atoms with Crippen molar-refractivity contribution in [2.75, 3.05) is 0 Å². The molecule has 5 heteroatoms. The summed E-state index contributed by atoms with van der Waals surface area (Å²) in [5.41, 5.74) is 1.28. The summed E-state index contributed by atoms with van der Waals surface area (Å²) in [6.45, 7) is 2.03. The highest BCUT2D eigenvalue weighted by Gasteiger charge is 2.12. The fraction of sp³-hybridized carbons (Fsp3) is 0.286. The fourth-order valence-corrected chi connectivity index (χ4v) is 2.43. The highest BCUT2D eigenvalue weighted by molar-refractivity contribution is 6.34. The summed E-state index contributed by atoms with van der Waals surface area (Å²) < 4.78 is 13.6. The molecule has 1 aromatic heterocycles. The van der Waals surface area contributed by atoms with Crippen LogP contribution in [0, 0.1) is 5.82 Å². The van der Waals surface area contributed by atoms with Crippen LogP contribution < -0.4 is 0 Å². The minimum atomic E-state index is -0.282. The highest BCUT2D eigenvalue weighted by Crippen LogP contribution is 2.23. The Bertz CT molecular complexity index is 564. The molecule has 1 aromatic carbocycles. The van der Waals surface area contributed by atoms with E-state index >= 15 is 0 Å². The minimum absolute atomic E-state index is 0.276. The van der Waals surface area contributed by atoms with E-state index in [1.165, 1.54) is 6.07 Å². The first kappa shape index (κ1) is 14.2. The third-order valence-corrected chi connectivity index (χ3v) is 3.38. The molecule has 0 spiro atoms. The number of halogens is 3. The summed E-state index contributed by atoms with van der Waals surface area (Å²) in [4.78, 5) is 8.38. The van der Waals surface area contributed by atoms with Crippen LogP contribution >= 0.6 is 23.2 Å². The zero-order chi connectivity index (χ0) is 13.8. The first-order valence-corrected chi connectivity index (χ1v) is 6.81. The molecule has 0 fully saturated rings. The molecule has 2 rings (SSSR count). The summed E-state index contributed by atoms with van der Waals surface area (Å²) in [5, 5.41) is 0.710. The van der Waals surface area contributed by atoms with E-state index in [1.807, 2.05) is 6.92 Å². The lowest BCUT2D eigenvalue weighted by Crippen LogP contribution is -2.03. The molecular weight excluding hydrogens is 286 g/mol. The Morgan fingerprint density at radius 3 is 2.32 bits per heavy atom. The molecule has 19 heavy (non-hydrogen) atoms. The molecule has 100 valence electrons. The van der Waals surface area contributed by atoms with Crippen LogP contribution in [0.25, 0.3) is 0 Å². The van der Waals surface area contributed by atoms with Crippen LogP contribution in [0.15, 0.2) is 24.3 Å². The lowest BCUT2D eigenvalue weighted by Gasteiger charge is -2.08. The first-order valence-electron chi connectivity index (χ1n) is 6.06. The lowest BCUT2D eigenvalue weighted by molar-refractivity contribution is 0.612. The molecule has 0 unspecified atom stereocenters. The van der Waals surface area contributed by atoms with Crippen molar-refractivity contribution in [3.63, 3.8) is 0 Å². The number of benzene rings is 1. The molecule has 0 bridgehead atoms. The van der Waals surface area contributed by atoms with Gasteiger partial charge >= 0.3 is 0 Å². The van der Waals surface area contributed by atoms with Crippen LogP contribution in [-0.2, 0) is 12.8 Å². The molecule has 0 aliphatic heterocycles. The van der Waals surface area contributed by atoms with Crippen LogP contribution in [0.2, 0.25) is 10.3 Å². The van der Waals surface area contributed by atoms with E-state index in [9.17, 15) is 4.39 Å². The van der Waals surface area contributed by atoms with Gasteiger partial charge < -0.3 is 0 Å². The third kappa shape index (κ3) is 3.43. The number of hydrogen-bond acceptors (Lipinski definition) is 2. The molecule has 1 heterocycles. The Balaban J connectivity index is 2.30. The maximum Gasteiger partial charge on any atom is 0.137 e. The number of nitrogens with zero attached hydrogens (tertiary/aromatic N) is 2. The molecule has 0 aliphatic rings. The molecule has 0 atom stereocenters. The Labute approximate surface area is 121 Å². The van der Waals surface area contributed by atoms with Gasteiger partial charge in [0.1, 0.15) is 21.9 Å². The second-order valence-electron chi connectivity index (χ2n) is 4.22. The molecular formula is C14H13Cl2FN2. The predicted octanol–water partition coefficient (Wildman–Crippen LogP) is 4.47.